The van der Waals surface area contributed by atoms with Gasteiger partial charge in [0.15, 0.2) is 0 Å². The van der Waals surface area contributed by atoms with Crippen molar-refractivity contribution in [1.82, 2.24) is 5.32 Å². The maximum atomic E-state index is 11.8. The number of nitrogens with one attached hydrogen (secondary N) is 1. The van der Waals surface area contributed by atoms with Crippen LogP contribution in [0.15, 0.2) is 0 Å². The fourth-order valence-corrected chi connectivity index (χ4v) is 2.15. The number of hydrogen-bond donors (Lipinski definition) is 2. The van der Waals surface area contributed by atoms with E-state index in [2.05, 4.69) is 5.32 Å². The maximum Gasteiger partial charge on any atom is 0.326 e. The SMILES string of the molecule is CC(C)[C@@H](NC(=O)C1CCCCC1)C(=O)O. The maximum absolute atomic E-state index is 11.8. The molecule has 0 aliphatic heterocycles. The van der Waals surface area contributed by atoms with E-state index < -0.39 is 12.0 Å². The molecule has 0 aromatic heterocycles. The Labute approximate surface area is 96.4 Å². The van der Waals surface area contributed by atoms with Crippen molar-refractivity contribution in [2.75, 3.05) is 0 Å². The van der Waals surface area contributed by atoms with Crippen LogP contribution < -0.4 is 5.32 Å². The van der Waals surface area contributed by atoms with Crippen LogP contribution in [0.5, 0.6) is 0 Å². The fraction of sp³-hybridized carbons (Fsp3) is 0.833. The Kier molecular flexibility index (Phi) is 4.77. The van der Waals surface area contributed by atoms with Crippen molar-refractivity contribution in [3.05, 3.63) is 0 Å². The van der Waals surface area contributed by atoms with E-state index in [9.17, 15) is 9.59 Å². The number of amides is 1. The average Bonchev–Trinajstić information content (AvgIpc) is 2.25. The quantitative estimate of drug-likeness (QED) is 0.769. The van der Waals surface area contributed by atoms with Crippen molar-refractivity contribution in [3.8, 4) is 0 Å². The van der Waals surface area contributed by atoms with Gasteiger partial charge in [-0.1, -0.05) is 33.1 Å². The summed E-state index contributed by atoms with van der Waals surface area (Å²) >= 11 is 0. The van der Waals surface area contributed by atoms with E-state index in [0.717, 1.165) is 25.7 Å². The molecule has 0 spiro atoms. The van der Waals surface area contributed by atoms with Crippen molar-refractivity contribution >= 4 is 11.9 Å². The van der Waals surface area contributed by atoms with Crippen LogP contribution in [0.25, 0.3) is 0 Å². The molecule has 92 valence electrons. The van der Waals surface area contributed by atoms with Gasteiger partial charge in [0.25, 0.3) is 0 Å². The summed E-state index contributed by atoms with van der Waals surface area (Å²) in [6.07, 6.45) is 5.15. The second-order valence-electron chi connectivity index (χ2n) is 4.90. The predicted molar refractivity (Wildman–Crippen MR) is 61.0 cm³/mol. The van der Waals surface area contributed by atoms with Gasteiger partial charge in [-0.3, -0.25) is 4.79 Å². The molecule has 1 atom stereocenters. The summed E-state index contributed by atoms with van der Waals surface area (Å²) in [5, 5.41) is 11.6. The number of carboxylic acids is 1. The Morgan fingerprint density at radius 2 is 1.75 bits per heavy atom. The van der Waals surface area contributed by atoms with Gasteiger partial charge in [-0.25, -0.2) is 4.79 Å². The summed E-state index contributed by atoms with van der Waals surface area (Å²) in [5.74, 6) is -1.08. The van der Waals surface area contributed by atoms with Crippen LogP contribution in [0.3, 0.4) is 0 Å². The van der Waals surface area contributed by atoms with Gasteiger partial charge in [0.1, 0.15) is 6.04 Å². The molecule has 1 saturated carbocycles. The smallest absolute Gasteiger partial charge is 0.326 e. The molecule has 0 aromatic rings. The molecule has 1 amide bonds. The highest BCUT2D eigenvalue weighted by atomic mass is 16.4. The summed E-state index contributed by atoms with van der Waals surface area (Å²) in [6, 6.07) is -0.755. The standard InChI is InChI=1S/C12H21NO3/c1-8(2)10(12(15)16)13-11(14)9-6-4-3-5-7-9/h8-10H,3-7H2,1-2H3,(H,13,14)(H,15,16)/t10-/m1/s1. The van der Waals surface area contributed by atoms with Crippen LogP contribution in [-0.4, -0.2) is 23.0 Å². The minimum Gasteiger partial charge on any atom is -0.480 e. The summed E-state index contributed by atoms with van der Waals surface area (Å²) in [4.78, 5) is 22.8. The third-order valence-electron chi connectivity index (χ3n) is 3.21. The molecule has 2 N–H and O–H groups in total. The second-order valence-corrected chi connectivity index (χ2v) is 4.90. The average molecular weight is 227 g/mol. The number of hydrogen-bond acceptors (Lipinski definition) is 2. The van der Waals surface area contributed by atoms with Crippen molar-refractivity contribution < 1.29 is 14.7 Å². The number of carbonyl (C=O) groups excluding carboxylic acids is 1. The van der Waals surface area contributed by atoms with Crippen LogP contribution in [0.1, 0.15) is 46.0 Å². The molecule has 0 aromatic carbocycles. The van der Waals surface area contributed by atoms with Gasteiger partial charge < -0.3 is 10.4 Å². The largest absolute Gasteiger partial charge is 0.480 e. The fourth-order valence-electron chi connectivity index (χ4n) is 2.15. The molecule has 1 rings (SSSR count). The van der Waals surface area contributed by atoms with E-state index in [0.29, 0.717) is 0 Å². The Bertz CT molecular complexity index is 257. The molecule has 16 heavy (non-hydrogen) atoms. The topological polar surface area (TPSA) is 66.4 Å². The lowest BCUT2D eigenvalue weighted by atomic mass is 9.88. The first-order chi connectivity index (χ1) is 7.52. The normalized spacial score (nSPS) is 19.4. The summed E-state index contributed by atoms with van der Waals surface area (Å²) in [7, 11) is 0. The van der Waals surface area contributed by atoms with E-state index >= 15 is 0 Å². The zero-order valence-electron chi connectivity index (χ0n) is 10.0. The van der Waals surface area contributed by atoms with E-state index in [1.54, 1.807) is 13.8 Å². The van der Waals surface area contributed by atoms with Crippen molar-refractivity contribution in [3.63, 3.8) is 0 Å². The first-order valence-corrected chi connectivity index (χ1v) is 6.05. The summed E-state index contributed by atoms with van der Waals surface area (Å²) < 4.78 is 0. The molecule has 4 heteroatoms. The zero-order valence-corrected chi connectivity index (χ0v) is 10.0. The Hall–Kier alpha value is -1.06. The zero-order chi connectivity index (χ0) is 12.1. The van der Waals surface area contributed by atoms with E-state index in [4.69, 9.17) is 5.11 Å². The van der Waals surface area contributed by atoms with Gasteiger partial charge in [-0.2, -0.15) is 0 Å². The van der Waals surface area contributed by atoms with Gasteiger partial charge in [0.05, 0.1) is 0 Å². The number of rotatable bonds is 4. The van der Waals surface area contributed by atoms with Crippen molar-refractivity contribution in [1.29, 1.82) is 0 Å². The molecule has 0 heterocycles. The molecule has 0 bridgehead atoms. The van der Waals surface area contributed by atoms with Crippen LogP contribution in [0.2, 0.25) is 0 Å². The van der Waals surface area contributed by atoms with E-state index in [1.807, 2.05) is 0 Å². The molecule has 1 aliphatic carbocycles. The molecule has 4 nitrogen and oxygen atoms in total. The third kappa shape index (κ3) is 3.51. The molecule has 0 radical (unpaired) electrons. The van der Waals surface area contributed by atoms with Crippen LogP contribution >= 0.6 is 0 Å². The number of aliphatic carboxylic acids is 1. The molecule has 0 saturated heterocycles. The van der Waals surface area contributed by atoms with E-state index in [1.165, 1.54) is 6.42 Å². The number of carboxylic acid groups (broad SMARTS) is 1. The lowest BCUT2D eigenvalue weighted by Gasteiger charge is -2.24. The summed E-state index contributed by atoms with van der Waals surface area (Å²) in [5.41, 5.74) is 0. The highest BCUT2D eigenvalue weighted by Gasteiger charge is 2.28. The monoisotopic (exact) mass is 227 g/mol. The lowest BCUT2D eigenvalue weighted by molar-refractivity contribution is -0.144. The van der Waals surface area contributed by atoms with Crippen LogP contribution in [-0.2, 0) is 9.59 Å². The Morgan fingerprint density at radius 3 is 2.19 bits per heavy atom. The Balaban J connectivity index is 2.50. The molecular formula is C12H21NO3. The van der Waals surface area contributed by atoms with Crippen LogP contribution in [0.4, 0.5) is 0 Å². The molecule has 1 fully saturated rings. The number of carbonyl (C=O) groups is 2. The van der Waals surface area contributed by atoms with E-state index in [-0.39, 0.29) is 17.7 Å². The minimum atomic E-state index is -0.945. The third-order valence-corrected chi connectivity index (χ3v) is 3.21. The molecule has 1 aliphatic rings. The summed E-state index contributed by atoms with van der Waals surface area (Å²) in [6.45, 7) is 3.61. The molecule has 0 unspecified atom stereocenters. The highest BCUT2D eigenvalue weighted by molar-refractivity contribution is 5.85. The van der Waals surface area contributed by atoms with Crippen molar-refractivity contribution in [2.45, 2.75) is 52.0 Å². The van der Waals surface area contributed by atoms with Crippen molar-refractivity contribution in [2.24, 2.45) is 11.8 Å². The van der Waals surface area contributed by atoms with Gasteiger partial charge in [-0.05, 0) is 18.8 Å². The lowest BCUT2D eigenvalue weighted by Crippen LogP contribution is -2.46. The predicted octanol–water partition coefficient (Wildman–Crippen LogP) is 1.79. The van der Waals surface area contributed by atoms with Gasteiger partial charge in [-0.15, -0.1) is 0 Å². The van der Waals surface area contributed by atoms with Gasteiger partial charge in [0.2, 0.25) is 5.91 Å². The van der Waals surface area contributed by atoms with Gasteiger partial charge in [0, 0.05) is 5.92 Å². The highest BCUT2D eigenvalue weighted by Crippen LogP contribution is 2.23. The van der Waals surface area contributed by atoms with Crippen LogP contribution in [0, 0.1) is 11.8 Å². The first-order valence-electron chi connectivity index (χ1n) is 6.05. The minimum absolute atomic E-state index is 0.0225. The first kappa shape index (κ1) is 13.0. The molecular weight excluding hydrogens is 206 g/mol. The Morgan fingerprint density at radius 1 is 1.19 bits per heavy atom. The second kappa shape index (κ2) is 5.87. The van der Waals surface area contributed by atoms with Gasteiger partial charge >= 0.3 is 5.97 Å².